The topological polar surface area (TPSA) is 66.0 Å². The van der Waals surface area contributed by atoms with Crippen molar-refractivity contribution < 1.29 is 9.90 Å². The van der Waals surface area contributed by atoms with Gasteiger partial charge in [-0.05, 0) is 24.6 Å². The van der Waals surface area contributed by atoms with E-state index in [-0.39, 0.29) is 6.42 Å². The molecule has 0 saturated carbocycles. The number of nitrogens with one attached hydrogen (secondary N) is 1. The molecular weight excluding hydrogens is 204 g/mol. The van der Waals surface area contributed by atoms with Crippen molar-refractivity contribution in [2.45, 2.75) is 13.3 Å². The lowest BCUT2D eigenvalue weighted by atomic mass is 10.0. The largest absolute Gasteiger partial charge is 0.481 e. The lowest BCUT2D eigenvalue weighted by Gasteiger charge is -2.00. The van der Waals surface area contributed by atoms with Gasteiger partial charge in [-0.15, -0.1) is 5.92 Å². The average Bonchev–Trinajstić information content (AvgIpc) is 2.65. The van der Waals surface area contributed by atoms with E-state index in [9.17, 15) is 4.79 Å². The molecule has 0 saturated heterocycles. The van der Waals surface area contributed by atoms with Crippen molar-refractivity contribution in [2.75, 3.05) is 0 Å². The SMILES string of the molecule is CC#Cc1cc(CC(=O)O)c2[nH]ncc2c1. The third-order valence-corrected chi connectivity index (χ3v) is 2.24. The van der Waals surface area contributed by atoms with Gasteiger partial charge in [0.1, 0.15) is 0 Å². The first-order valence-corrected chi connectivity index (χ1v) is 4.81. The van der Waals surface area contributed by atoms with Crippen LogP contribution in [0.1, 0.15) is 18.1 Å². The summed E-state index contributed by atoms with van der Waals surface area (Å²) in [4.78, 5) is 10.7. The summed E-state index contributed by atoms with van der Waals surface area (Å²) in [7, 11) is 0. The standard InChI is InChI=1S/C12H10N2O2/c1-2-3-8-4-9(6-11(15)16)12-10(5-8)7-13-14-12/h4-5,7H,6H2,1H3,(H,13,14)(H,15,16). The molecule has 2 N–H and O–H groups in total. The second kappa shape index (κ2) is 4.07. The number of carboxylic acids is 1. The zero-order valence-corrected chi connectivity index (χ0v) is 8.74. The van der Waals surface area contributed by atoms with E-state index in [1.165, 1.54) is 0 Å². The van der Waals surface area contributed by atoms with Gasteiger partial charge in [-0.25, -0.2) is 0 Å². The van der Waals surface area contributed by atoms with Gasteiger partial charge in [-0.1, -0.05) is 5.92 Å². The third kappa shape index (κ3) is 1.89. The van der Waals surface area contributed by atoms with Gasteiger partial charge in [-0.2, -0.15) is 5.10 Å². The van der Waals surface area contributed by atoms with Crippen molar-refractivity contribution in [3.63, 3.8) is 0 Å². The minimum Gasteiger partial charge on any atom is -0.481 e. The quantitative estimate of drug-likeness (QED) is 0.745. The first-order valence-electron chi connectivity index (χ1n) is 4.81. The third-order valence-electron chi connectivity index (χ3n) is 2.24. The summed E-state index contributed by atoms with van der Waals surface area (Å²) >= 11 is 0. The van der Waals surface area contributed by atoms with Crippen LogP contribution in [0.2, 0.25) is 0 Å². The molecule has 1 aromatic carbocycles. The fraction of sp³-hybridized carbons (Fsp3) is 0.167. The van der Waals surface area contributed by atoms with E-state index in [4.69, 9.17) is 5.11 Å². The van der Waals surface area contributed by atoms with Crippen LogP contribution in [0.4, 0.5) is 0 Å². The second-order valence-corrected chi connectivity index (χ2v) is 3.42. The molecule has 0 aliphatic rings. The molecule has 0 amide bonds. The zero-order valence-electron chi connectivity index (χ0n) is 8.74. The molecule has 2 aromatic rings. The number of aromatic nitrogens is 2. The molecule has 4 heteroatoms. The minimum absolute atomic E-state index is 0.0298. The summed E-state index contributed by atoms with van der Waals surface area (Å²) < 4.78 is 0. The molecule has 0 atom stereocenters. The summed E-state index contributed by atoms with van der Waals surface area (Å²) in [6, 6.07) is 3.67. The van der Waals surface area contributed by atoms with E-state index in [1.807, 2.05) is 6.07 Å². The Morgan fingerprint density at radius 3 is 3.06 bits per heavy atom. The predicted molar refractivity (Wildman–Crippen MR) is 60.0 cm³/mol. The van der Waals surface area contributed by atoms with Gasteiger partial charge in [0, 0.05) is 10.9 Å². The van der Waals surface area contributed by atoms with E-state index < -0.39 is 5.97 Å². The molecule has 0 spiro atoms. The van der Waals surface area contributed by atoms with E-state index in [0.717, 1.165) is 16.5 Å². The van der Waals surface area contributed by atoms with Gasteiger partial charge in [0.05, 0.1) is 18.1 Å². The highest BCUT2D eigenvalue weighted by Gasteiger charge is 2.08. The fourth-order valence-electron chi connectivity index (χ4n) is 1.65. The van der Waals surface area contributed by atoms with Gasteiger partial charge in [0.25, 0.3) is 0 Å². The van der Waals surface area contributed by atoms with Crippen LogP contribution in [0.3, 0.4) is 0 Å². The molecule has 0 bridgehead atoms. The Kier molecular flexibility index (Phi) is 2.61. The van der Waals surface area contributed by atoms with Crippen LogP contribution < -0.4 is 0 Å². The number of hydrogen-bond donors (Lipinski definition) is 2. The van der Waals surface area contributed by atoms with E-state index >= 15 is 0 Å². The molecule has 0 fully saturated rings. The summed E-state index contributed by atoms with van der Waals surface area (Å²) in [5.74, 6) is 4.85. The van der Waals surface area contributed by atoms with Crippen LogP contribution in [0.15, 0.2) is 18.3 Å². The predicted octanol–water partition coefficient (Wildman–Crippen LogP) is 1.56. The number of hydrogen-bond acceptors (Lipinski definition) is 2. The smallest absolute Gasteiger partial charge is 0.307 e. The van der Waals surface area contributed by atoms with Crippen molar-refractivity contribution in [3.8, 4) is 11.8 Å². The Labute approximate surface area is 92.3 Å². The fourth-order valence-corrected chi connectivity index (χ4v) is 1.65. The number of carbonyl (C=O) groups is 1. The van der Waals surface area contributed by atoms with Crippen molar-refractivity contribution in [1.29, 1.82) is 0 Å². The van der Waals surface area contributed by atoms with Crippen molar-refractivity contribution in [2.24, 2.45) is 0 Å². The van der Waals surface area contributed by atoms with E-state index in [2.05, 4.69) is 22.0 Å². The second-order valence-electron chi connectivity index (χ2n) is 3.42. The maximum atomic E-state index is 10.7. The van der Waals surface area contributed by atoms with Gasteiger partial charge < -0.3 is 5.11 Å². The van der Waals surface area contributed by atoms with Crippen LogP contribution in [-0.4, -0.2) is 21.3 Å². The number of aromatic amines is 1. The molecule has 0 radical (unpaired) electrons. The summed E-state index contributed by atoms with van der Waals surface area (Å²) in [5, 5.41) is 16.4. The highest BCUT2D eigenvalue weighted by molar-refractivity contribution is 5.86. The molecule has 1 aromatic heterocycles. The van der Waals surface area contributed by atoms with Crippen molar-refractivity contribution in [3.05, 3.63) is 29.5 Å². The maximum Gasteiger partial charge on any atom is 0.307 e. The van der Waals surface area contributed by atoms with Crippen LogP contribution in [0.5, 0.6) is 0 Å². The molecule has 0 unspecified atom stereocenters. The molecule has 80 valence electrons. The molecule has 2 rings (SSSR count). The number of carboxylic acid groups (broad SMARTS) is 1. The molecule has 0 aliphatic carbocycles. The number of H-pyrrole nitrogens is 1. The van der Waals surface area contributed by atoms with Gasteiger partial charge >= 0.3 is 5.97 Å². The Morgan fingerprint density at radius 2 is 2.38 bits per heavy atom. The van der Waals surface area contributed by atoms with E-state index in [0.29, 0.717) is 5.56 Å². The lowest BCUT2D eigenvalue weighted by Crippen LogP contribution is -2.01. The lowest BCUT2D eigenvalue weighted by molar-refractivity contribution is -0.136. The average molecular weight is 214 g/mol. The molecule has 4 nitrogen and oxygen atoms in total. The van der Waals surface area contributed by atoms with Gasteiger partial charge in [-0.3, -0.25) is 9.89 Å². The molecule has 1 heterocycles. The van der Waals surface area contributed by atoms with Crippen molar-refractivity contribution >= 4 is 16.9 Å². The van der Waals surface area contributed by atoms with Crippen LogP contribution in [0, 0.1) is 11.8 Å². The number of nitrogens with zero attached hydrogens (tertiary/aromatic N) is 1. The first-order chi connectivity index (χ1) is 7.70. The number of fused-ring (bicyclic) bond motifs is 1. The van der Waals surface area contributed by atoms with Crippen LogP contribution in [-0.2, 0) is 11.2 Å². The van der Waals surface area contributed by atoms with E-state index in [1.54, 1.807) is 19.2 Å². The number of rotatable bonds is 2. The number of aliphatic carboxylic acids is 1. The Balaban J connectivity index is 2.61. The number of benzene rings is 1. The Morgan fingerprint density at radius 1 is 1.56 bits per heavy atom. The van der Waals surface area contributed by atoms with Crippen LogP contribution >= 0.6 is 0 Å². The van der Waals surface area contributed by atoms with Gasteiger partial charge in [0.15, 0.2) is 0 Å². The molecule has 16 heavy (non-hydrogen) atoms. The zero-order chi connectivity index (χ0) is 11.5. The molecule has 0 aliphatic heterocycles. The monoisotopic (exact) mass is 214 g/mol. The summed E-state index contributed by atoms with van der Waals surface area (Å²) in [6.45, 7) is 1.75. The Hall–Kier alpha value is -2.28. The molecular formula is C12H10N2O2. The maximum absolute atomic E-state index is 10.7. The first kappa shape index (κ1) is 10.2. The summed E-state index contributed by atoms with van der Waals surface area (Å²) in [5.41, 5.74) is 2.29. The van der Waals surface area contributed by atoms with Crippen molar-refractivity contribution in [1.82, 2.24) is 10.2 Å². The van der Waals surface area contributed by atoms with Gasteiger partial charge in [0.2, 0.25) is 0 Å². The van der Waals surface area contributed by atoms with Crippen LogP contribution in [0.25, 0.3) is 10.9 Å². The minimum atomic E-state index is -0.863. The normalized spacial score (nSPS) is 9.81. The highest BCUT2D eigenvalue weighted by atomic mass is 16.4. The Bertz CT molecular complexity index is 602. The highest BCUT2D eigenvalue weighted by Crippen LogP contribution is 2.19. The summed E-state index contributed by atoms with van der Waals surface area (Å²) in [6.07, 6.45) is 1.64.